The number of ether oxygens (including phenoxy) is 1. The lowest BCUT2D eigenvalue weighted by molar-refractivity contribution is -0.123. The average Bonchev–Trinajstić information content (AvgIpc) is 2.66. The third-order valence-electron chi connectivity index (χ3n) is 4.67. The van der Waals surface area contributed by atoms with E-state index in [0.717, 1.165) is 43.2 Å². The molecular weight excluding hydrogens is 324 g/mol. The molecule has 0 spiro atoms. The second kappa shape index (κ2) is 6.46. The van der Waals surface area contributed by atoms with Crippen molar-refractivity contribution >= 4 is 28.9 Å². The van der Waals surface area contributed by atoms with Gasteiger partial charge in [0.05, 0.1) is 19.3 Å². The molecule has 2 aliphatic heterocycles. The van der Waals surface area contributed by atoms with Crippen LogP contribution in [0.3, 0.4) is 0 Å². The maximum Gasteiger partial charge on any atom is 0.248 e. The Morgan fingerprint density at radius 1 is 0.958 bits per heavy atom. The van der Waals surface area contributed by atoms with Gasteiger partial charge in [-0.1, -0.05) is 36.4 Å². The summed E-state index contributed by atoms with van der Waals surface area (Å²) in [5.41, 5.74) is 3.13. The fourth-order valence-electron chi connectivity index (χ4n) is 3.46. The molecule has 2 fully saturated rings. The van der Waals surface area contributed by atoms with E-state index in [1.54, 1.807) is 4.90 Å². The quantitative estimate of drug-likeness (QED) is 0.634. The van der Waals surface area contributed by atoms with E-state index in [9.17, 15) is 4.79 Å². The van der Waals surface area contributed by atoms with Gasteiger partial charge in [0.2, 0.25) is 5.91 Å². The first-order valence-corrected chi connectivity index (χ1v) is 8.65. The molecule has 0 aliphatic carbocycles. The van der Waals surface area contributed by atoms with E-state index in [4.69, 9.17) is 16.3 Å². The molecule has 0 N–H and O–H groups in total. The highest BCUT2D eigenvalue weighted by Gasteiger charge is 2.48. The standard InChI is InChI=1S/C19H19ClN2O2/c20-17-18(22(19(17)23)14-6-2-1-3-7-14)15-8-4-5-9-16(15)21-10-12-24-13-11-21/h1-9,17-18H,10-13H2/t17-,18-/m1/s1. The largest absolute Gasteiger partial charge is 0.378 e. The summed E-state index contributed by atoms with van der Waals surface area (Å²) in [5.74, 6) is -0.0374. The Morgan fingerprint density at radius 3 is 2.38 bits per heavy atom. The van der Waals surface area contributed by atoms with E-state index >= 15 is 0 Å². The molecule has 1 amide bonds. The predicted molar refractivity (Wildman–Crippen MR) is 95.8 cm³/mol. The molecule has 2 aliphatic rings. The normalized spacial score (nSPS) is 24.0. The Morgan fingerprint density at radius 2 is 1.62 bits per heavy atom. The smallest absolute Gasteiger partial charge is 0.248 e. The van der Waals surface area contributed by atoms with Crippen LogP contribution in [0.2, 0.25) is 0 Å². The van der Waals surface area contributed by atoms with Crippen molar-refractivity contribution in [2.45, 2.75) is 11.4 Å². The lowest BCUT2D eigenvalue weighted by Crippen LogP contribution is -2.57. The third-order valence-corrected chi connectivity index (χ3v) is 5.10. The monoisotopic (exact) mass is 342 g/mol. The van der Waals surface area contributed by atoms with Gasteiger partial charge in [0, 0.05) is 30.0 Å². The Kier molecular flexibility index (Phi) is 4.17. The molecule has 5 heteroatoms. The molecule has 0 unspecified atom stereocenters. The van der Waals surface area contributed by atoms with Gasteiger partial charge in [-0.25, -0.2) is 0 Å². The minimum atomic E-state index is -0.521. The van der Waals surface area contributed by atoms with Gasteiger partial charge in [0.1, 0.15) is 5.38 Å². The predicted octanol–water partition coefficient (Wildman–Crippen LogP) is 3.22. The number of halogens is 1. The van der Waals surface area contributed by atoms with Crippen LogP contribution in [-0.2, 0) is 9.53 Å². The number of para-hydroxylation sites is 2. The first-order valence-electron chi connectivity index (χ1n) is 8.21. The highest BCUT2D eigenvalue weighted by atomic mass is 35.5. The lowest BCUT2D eigenvalue weighted by atomic mass is 9.90. The number of anilines is 2. The van der Waals surface area contributed by atoms with E-state index in [0.29, 0.717) is 0 Å². The molecule has 4 nitrogen and oxygen atoms in total. The highest BCUT2D eigenvalue weighted by Crippen LogP contribution is 2.45. The van der Waals surface area contributed by atoms with E-state index in [2.05, 4.69) is 17.0 Å². The van der Waals surface area contributed by atoms with Crippen LogP contribution < -0.4 is 9.80 Å². The van der Waals surface area contributed by atoms with Crippen molar-refractivity contribution in [3.8, 4) is 0 Å². The van der Waals surface area contributed by atoms with Crippen LogP contribution >= 0.6 is 11.6 Å². The first-order chi connectivity index (χ1) is 11.8. The zero-order valence-electron chi connectivity index (χ0n) is 13.3. The zero-order chi connectivity index (χ0) is 16.5. The van der Waals surface area contributed by atoms with Crippen LogP contribution in [0.15, 0.2) is 54.6 Å². The summed E-state index contributed by atoms with van der Waals surface area (Å²) in [5, 5.41) is -0.521. The first kappa shape index (κ1) is 15.5. The number of morpholine rings is 1. The molecule has 2 atom stereocenters. The van der Waals surface area contributed by atoms with Gasteiger partial charge < -0.3 is 14.5 Å². The number of hydrogen-bond acceptors (Lipinski definition) is 3. The van der Waals surface area contributed by atoms with Crippen molar-refractivity contribution in [1.82, 2.24) is 0 Å². The molecule has 0 radical (unpaired) electrons. The molecule has 0 saturated carbocycles. The van der Waals surface area contributed by atoms with E-state index in [1.165, 1.54) is 0 Å². The van der Waals surface area contributed by atoms with Crippen molar-refractivity contribution in [3.05, 3.63) is 60.2 Å². The van der Waals surface area contributed by atoms with Gasteiger partial charge >= 0.3 is 0 Å². The summed E-state index contributed by atoms with van der Waals surface area (Å²) < 4.78 is 5.46. The summed E-state index contributed by atoms with van der Waals surface area (Å²) in [4.78, 5) is 16.5. The number of nitrogens with zero attached hydrogens (tertiary/aromatic N) is 2. The van der Waals surface area contributed by atoms with Crippen molar-refractivity contribution in [2.24, 2.45) is 0 Å². The highest BCUT2D eigenvalue weighted by molar-refractivity contribution is 6.37. The SMILES string of the molecule is O=C1[C@H](Cl)[C@@H](c2ccccc2N2CCOCC2)N1c1ccccc1. The van der Waals surface area contributed by atoms with Crippen LogP contribution in [-0.4, -0.2) is 37.6 Å². The van der Waals surface area contributed by atoms with Gasteiger partial charge in [0.25, 0.3) is 0 Å². The molecule has 2 saturated heterocycles. The maximum atomic E-state index is 12.4. The average molecular weight is 343 g/mol. The van der Waals surface area contributed by atoms with Gasteiger partial charge in [-0.3, -0.25) is 4.79 Å². The second-order valence-electron chi connectivity index (χ2n) is 6.05. The molecule has 2 heterocycles. The Bertz CT molecular complexity index is 731. The van der Waals surface area contributed by atoms with Crippen LogP contribution in [0.1, 0.15) is 11.6 Å². The molecule has 0 aromatic heterocycles. The van der Waals surface area contributed by atoms with Crippen LogP contribution in [0.4, 0.5) is 11.4 Å². The molecule has 124 valence electrons. The summed E-state index contributed by atoms with van der Waals surface area (Å²) >= 11 is 6.42. The van der Waals surface area contributed by atoms with Gasteiger partial charge in [-0.15, -0.1) is 11.6 Å². The lowest BCUT2D eigenvalue weighted by Gasteiger charge is -2.46. The molecule has 0 bridgehead atoms. The minimum Gasteiger partial charge on any atom is -0.378 e. The Balaban J connectivity index is 1.71. The molecule has 2 aromatic rings. The number of rotatable bonds is 3. The third kappa shape index (κ3) is 2.56. The van der Waals surface area contributed by atoms with Gasteiger partial charge in [-0.05, 0) is 18.2 Å². The maximum absolute atomic E-state index is 12.4. The number of β-lactam (4-membered cyclic amide) rings is 1. The Hall–Kier alpha value is -2.04. The molecule has 4 rings (SSSR count). The number of carbonyl (C=O) groups is 1. The minimum absolute atomic E-state index is 0.0374. The van der Waals surface area contributed by atoms with Gasteiger partial charge in [-0.2, -0.15) is 0 Å². The number of benzene rings is 2. The van der Waals surface area contributed by atoms with Crippen LogP contribution in [0.25, 0.3) is 0 Å². The summed E-state index contributed by atoms with van der Waals surface area (Å²) in [6.07, 6.45) is 0. The molecule has 24 heavy (non-hydrogen) atoms. The number of amides is 1. The number of hydrogen-bond donors (Lipinski definition) is 0. The van der Waals surface area contributed by atoms with Crippen molar-refractivity contribution in [1.29, 1.82) is 0 Å². The fraction of sp³-hybridized carbons (Fsp3) is 0.316. The topological polar surface area (TPSA) is 32.8 Å². The second-order valence-corrected chi connectivity index (χ2v) is 6.52. The van der Waals surface area contributed by atoms with Crippen molar-refractivity contribution < 1.29 is 9.53 Å². The fourth-order valence-corrected chi connectivity index (χ4v) is 3.81. The Labute approximate surface area is 146 Å². The van der Waals surface area contributed by atoms with E-state index in [1.807, 2.05) is 42.5 Å². The van der Waals surface area contributed by atoms with E-state index < -0.39 is 5.38 Å². The van der Waals surface area contributed by atoms with E-state index in [-0.39, 0.29) is 11.9 Å². The summed E-state index contributed by atoms with van der Waals surface area (Å²) in [6.45, 7) is 3.17. The molecule has 2 aromatic carbocycles. The summed E-state index contributed by atoms with van der Waals surface area (Å²) in [6, 6.07) is 17.8. The number of carbonyl (C=O) groups excluding carboxylic acids is 1. The van der Waals surface area contributed by atoms with Gasteiger partial charge in [0.15, 0.2) is 0 Å². The number of alkyl halides is 1. The summed E-state index contributed by atoms with van der Waals surface area (Å²) in [7, 11) is 0. The van der Waals surface area contributed by atoms with Crippen LogP contribution in [0, 0.1) is 0 Å². The van der Waals surface area contributed by atoms with Crippen LogP contribution in [0.5, 0.6) is 0 Å². The van der Waals surface area contributed by atoms with Crippen molar-refractivity contribution in [2.75, 3.05) is 36.1 Å². The molecular formula is C19H19ClN2O2. The zero-order valence-corrected chi connectivity index (χ0v) is 14.0. The van der Waals surface area contributed by atoms with Crippen molar-refractivity contribution in [3.63, 3.8) is 0 Å².